The van der Waals surface area contributed by atoms with E-state index in [1.807, 2.05) is 6.92 Å². The minimum Gasteiger partial charge on any atom is -0.479 e. The number of anilines is 1. The number of nitrogens with one attached hydrogen (secondary N) is 1. The first-order chi connectivity index (χ1) is 5.68. The number of fused-ring (bicyclic) bond motifs is 1. The monoisotopic (exact) mass is 164 g/mol. The van der Waals surface area contributed by atoms with Crippen molar-refractivity contribution in [3.05, 3.63) is 11.8 Å². The number of aryl methyl sites for hydroxylation is 1. The van der Waals surface area contributed by atoms with Crippen molar-refractivity contribution in [2.75, 3.05) is 5.73 Å². The second kappa shape index (κ2) is 2.10. The summed E-state index contributed by atoms with van der Waals surface area (Å²) in [5, 5.41) is 9.04. The molecular formula is C7H8N4O. The third-order valence-electron chi connectivity index (χ3n) is 1.73. The van der Waals surface area contributed by atoms with Crippen LogP contribution in [0.15, 0.2) is 6.20 Å². The Kier molecular flexibility index (Phi) is 1.21. The highest BCUT2D eigenvalue weighted by Crippen LogP contribution is 2.21. The number of nitrogens with two attached hydrogens (primary N) is 1. The van der Waals surface area contributed by atoms with Gasteiger partial charge in [0.15, 0.2) is 5.82 Å². The molecule has 2 aromatic rings. The number of nitrogen functional groups attached to an aromatic ring is 1. The quantitative estimate of drug-likeness (QED) is 0.530. The van der Waals surface area contributed by atoms with Gasteiger partial charge in [-0.2, -0.15) is 9.97 Å². The molecule has 0 amide bonds. The Hall–Kier alpha value is -1.78. The lowest BCUT2D eigenvalue weighted by Crippen LogP contribution is -1.93. The minimum atomic E-state index is -0.289. The first kappa shape index (κ1) is 6.90. The molecule has 12 heavy (non-hydrogen) atoms. The molecule has 0 aliphatic carbocycles. The molecule has 0 bridgehead atoms. The largest absolute Gasteiger partial charge is 0.479 e. The number of hydrogen-bond acceptors (Lipinski definition) is 4. The van der Waals surface area contributed by atoms with Crippen molar-refractivity contribution in [3.63, 3.8) is 0 Å². The topological polar surface area (TPSA) is 87.8 Å². The van der Waals surface area contributed by atoms with Crippen LogP contribution >= 0.6 is 0 Å². The summed E-state index contributed by atoms with van der Waals surface area (Å²) in [6.45, 7) is 1.88. The van der Waals surface area contributed by atoms with Crippen molar-refractivity contribution < 1.29 is 5.11 Å². The fourth-order valence-electron chi connectivity index (χ4n) is 1.14. The first-order valence-corrected chi connectivity index (χ1v) is 3.48. The zero-order valence-corrected chi connectivity index (χ0v) is 6.50. The number of aromatic amines is 1. The second-order valence-corrected chi connectivity index (χ2v) is 2.60. The van der Waals surface area contributed by atoms with Gasteiger partial charge in [-0.05, 0) is 12.5 Å². The maximum Gasteiger partial charge on any atom is 0.316 e. The summed E-state index contributed by atoms with van der Waals surface area (Å²) < 4.78 is 0. The number of rotatable bonds is 0. The fraction of sp³-hybridized carbons (Fsp3) is 0.143. The summed E-state index contributed by atoms with van der Waals surface area (Å²) in [5.74, 6) is 0.269. The van der Waals surface area contributed by atoms with Crippen LogP contribution in [-0.2, 0) is 0 Å². The molecule has 62 valence electrons. The summed E-state index contributed by atoms with van der Waals surface area (Å²) in [7, 11) is 0. The van der Waals surface area contributed by atoms with Crippen LogP contribution in [0.1, 0.15) is 5.56 Å². The van der Waals surface area contributed by atoms with Crippen molar-refractivity contribution in [2.45, 2.75) is 6.92 Å². The molecule has 0 atom stereocenters. The van der Waals surface area contributed by atoms with E-state index in [-0.39, 0.29) is 11.8 Å². The maximum atomic E-state index is 9.04. The molecule has 0 aromatic carbocycles. The Morgan fingerprint density at radius 3 is 3.00 bits per heavy atom. The third-order valence-corrected chi connectivity index (χ3v) is 1.73. The Morgan fingerprint density at radius 1 is 1.50 bits per heavy atom. The Labute approximate surface area is 68.3 Å². The number of H-pyrrole nitrogens is 1. The molecule has 2 aromatic heterocycles. The standard InChI is InChI=1S/C7H8N4O/c1-3-2-9-5-4(3)10-7(12)11-6(5)8/h2,9H,1H3,(H3,8,10,11,12). The Bertz CT molecular complexity index is 434. The van der Waals surface area contributed by atoms with Gasteiger partial charge in [-0.25, -0.2) is 0 Å². The van der Waals surface area contributed by atoms with Crippen molar-refractivity contribution in [3.8, 4) is 6.01 Å². The van der Waals surface area contributed by atoms with Crippen LogP contribution in [0.2, 0.25) is 0 Å². The van der Waals surface area contributed by atoms with Gasteiger partial charge in [-0.15, -0.1) is 0 Å². The summed E-state index contributed by atoms with van der Waals surface area (Å²) in [6.07, 6.45) is 1.77. The van der Waals surface area contributed by atoms with Gasteiger partial charge in [0.05, 0.1) is 0 Å². The number of aromatic nitrogens is 3. The zero-order valence-electron chi connectivity index (χ0n) is 6.50. The molecular weight excluding hydrogens is 156 g/mol. The van der Waals surface area contributed by atoms with E-state index in [1.54, 1.807) is 6.20 Å². The molecule has 5 heteroatoms. The van der Waals surface area contributed by atoms with E-state index in [0.29, 0.717) is 11.0 Å². The lowest BCUT2D eigenvalue weighted by Gasteiger charge is -1.95. The molecule has 2 heterocycles. The van der Waals surface area contributed by atoms with Gasteiger partial charge in [0.25, 0.3) is 0 Å². The van der Waals surface area contributed by atoms with E-state index in [2.05, 4.69) is 15.0 Å². The summed E-state index contributed by atoms with van der Waals surface area (Å²) in [6, 6.07) is -0.289. The fourth-order valence-corrected chi connectivity index (χ4v) is 1.14. The van der Waals surface area contributed by atoms with Crippen LogP contribution in [0.25, 0.3) is 11.0 Å². The van der Waals surface area contributed by atoms with Gasteiger partial charge < -0.3 is 15.8 Å². The predicted molar refractivity (Wildman–Crippen MR) is 44.7 cm³/mol. The van der Waals surface area contributed by atoms with E-state index in [9.17, 15) is 0 Å². The average Bonchev–Trinajstić information content (AvgIpc) is 2.33. The first-order valence-electron chi connectivity index (χ1n) is 3.48. The van der Waals surface area contributed by atoms with Gasteiger partial charge >= 0.3 is 6.01 Å². The minimum absolute atomic E-state index is 0.269. The van der Waals surface area contributed by atoms with Gasteiger partial charge in [-0.1, -0.05) is 0 Å². The molecule has 0 aliphatic rings. The van der Waals surface area contributed by atoms with Crippen LogP contribution in [0.4, 0.5) is 5.82 Å². The van der Waals surface area contributed by atoms with Crippen LogP contribution in [0.5, 0.6) is 6.01 Å². The lowest BCUT2D eigenvalue weighted by atomic mass is 10.3. The van der Waals surface area contributed by atoms with Crippen LogP contribution < -0.4 is 5.73 Å². The second-order valence-electron chi connectivity index (χ2n) is 2.60. The highest BCUT2D eigenvalue weighted by Gasteiger charge is 2.07. The predicted octanol–water partition coefficient (Wildman–Crippen LogP) is 0.554. The van der Waals surface area contributed by atoms with E-state index in [1.165, 1.54) is 0 Å². The van der Waals surface area contributed by atoms with Crippen molar-refractivity contribution in [1.82, 2.24) is 15.0 Å². The zero-order chi connectivity index (χ0) is 8.72. The highest BCUT2D eigenvalue weighted by molar-refractivity contribution is 5.87. The average molecular weight is 164 g/mol. The van der Waals surface area contributed by atoms with Crippen LogP contribution in [-0.4, -0.2) is 20.1 Å². The Balaban J connectivity index is 2.92. The molecule has 2 rings (SSSR count). The summed E-state index contributed by atoms with van der Waals surface area (Å²) >= 11 is 0. The smallest absolute Gasteiger partial charge is 0.316 e. The molecule has 0 spiro atoms. The van der Waals surface area contributed by atoms with Gasteiger partial charge in [-0.3, -0.25) is 0 Å². The molecule has 4 N–H and O–H groups in total. The van der Waals surface area contributed by atoms with E-state index in [0.717, 1.165) is 5.56 Å². The number of aromatic hydroxyl groups is 1. The van der Waals surface area contributed by atoms with Crippen LogP contribution in [0.3, 0.4) is 0 Å². The van der Waals surface area contributed by atoms with E-state index < -0.39 is 0 Å². The number of hydrogen-bond donors (Lipinski definition) is 3. The molecule has 0 radical (unpaired) electrons. The van der Waals surface area contributed by atoms with Crippen molar-refractivity contribution in [1.29, 1.82) is 0 Å². The van der Waals surface area contributed by atoms with Gasteiger partial charge in [0, 0.05) is 6.20 Å². The summed E-state index contributed by atoms with van der Waals surface area (Å²) in [4.78, 5) is 10.4. The van der Waals surface area contributed by atoms with E-state index >= 15 is 0 Å². The third kappa shape index (κ3) is 0.795. The maximum absolute atomic E-state index is 9.04. The van der Waals surface area contributed by atoms with Crippen molar-refractivity contribution >= 4 is 16.9 Å². The normalized spacial score (nSPS) is 10.8. The van der Waals surface area contributed by atoms with Crippen molar-refractivity contribution in [2.24, 2.45) is 0 Å². The highest BCUT2D eigenvalue weighted by atomic mass is 16.3. The molecule has 0 unspecified atom stereocenters. The summed E-state index contributed by atoms with van der Waals surface area (Å²) in [5.41, 5.74) is 7.81. The SMILES string of the molecule is Cc1c[nH]c2c(N)nc(O)nc12. The molecule has 0 saturated carbocycles. The molecule has 5 nitrogen and oxygen atoms in total. The molecule has 0 aliphatic heterocycles. The van der Waals surface area contributed by atoms with Gasteiger partial charge in [0.1, 0.15) is 11.0 Å². The van der Waals surface area contributed by atoms with Gasteiger partial charge in [0.2, 0.25) is 0 Å². The number of nitrogens with zero attached hydrogens (tertiary/aromatic N) is 2. The molecule has 0 saturated heterocycles. The van der Waals surface area contributed by atoms with E-state index in [4.69, 9.17) is 10.8 Å². The van der Waals surface area contributed by atoms with Crippen LogP contribution in [0, 0.1) is 6.92 Å². The molecule has 0 fully saturated rings. The lowest BCUT2D eigenvalue weighted by molar-refractivity contribution is 0.434. The Morgan fingerprint density at radius 2 is 2.25 bits per heavy atom.